The SMILES string of the molecule is CC(=O)c1ccc(-c2cc(C)ccn2)cc1.CC(=O)c1ccc(B(O)O)cc1.CC(=O)c1ccc(C2CC(C)CCN2)cc1.COc1cc(C)c2c(ccn2C(=O)OC(C)(C)C)c1C=O.COc1cc(C)c2c(ccn2C(=O)OC(C)(C)C)c1CN1CCC(C)CC1c1ccc(C(=O)O)cc1.COc1cc(C)c2c(ccn2C(=O)OC(C)(C)C)c1CN1CCC(C)CC1c1ccc(C(C)=O)cc1.Cc1ccnc(Br)c1.Cl.NO.[Li+].[OH-]. The Bertz CT molecular complexity index is 6520. The molecule has 0 saturated carbocycles. The molecule has 16 rings (SSSR count). The summed E-state index contributed by atoms with van der Waals surface area (Å²) in [4.78, 5) is 119. The van der Waals surface area contributed by atoms with E-state index in [0.717, 1.165) is 157 Å². The smallest absolute Gasteiger partial charge is 0.870 e. The van der Waals surface area contributed by atoms with Gasteiger partial charge in [-0.15, -0.1) is 12.4 Å². The number of carbonyl (C=O) groups is 9. The molecule has 0 bridgehead atoms. The maximum Gasteiger partial charge on any atom is 1.00 e. The molecule has 3 aliphatic heterocycles. The second-order valence-corrected chi connectivity index (χ2v) is 41.5. The van der Waals surface area contributed by atoms with Crippen LogP contribution in [0.4, 0.5) is 14.4 Å². The Balaban J connectivity index is 0.000000279. The van der Waals surface area contributed by atoms with Crippen molar-refractivity contribution in [3.8, 4) is 28.5 Å². The van der Waals surface area contributed by atoms with Crippen molar-refractivity contribution >= 4 is 127 Å². The van der Waals surface area contributed by atoms with Gasteiger partial charge in [0.2, 0.25) is 0 Å². The summed E-state index contributed by atoms with van der Waals surface area (Å²) in [6, 6.07) is 57.2. The van der Waals surface area contributed by atoms with Crippen molar-refractivity contribution in [3.63, 3.8) is 0 Å². The molecule has 33 heteroatoms. The number of hydrogen-bond acceptors (Lipinski definition) is 25. The number of rotatable bonds is 18. The van der Waals surface area contributed by atoms with E-state index in [4.69, 9.17) is 43.7 Å². The number of pyridine rings is 2. The molecule has 3 aliphatic rings. The van der Waals surface area contributed by atoms with E-state index in [2.05, 4.69) is 91.9 Å². The number of carboxylic acid groups (broad SMARTS) is 1. The summed E-state index contributed by atoms with van der Waals surface area (Å²) in [5.74, 6) is 6.94. The Kier molecular flexibility index (Phi) is 48.4. The zero-order valence-corrected chi connectivity index (χ0v) is 93.4. The van der Waals surface area contributed by atoms with Gasteiger partial charge in [0, 0.05) is 117 Å². The number of fused-ring (bicyclic) bond motifs is 3. The topological polar surface area (TPSA) is 405 Å². The summed E-state index contributed by atoms with van der Waals surface area (Å²) < 4.78 is 39.1. The van der Waals surface area contributed by atoms with Crippen LogP contribution in [0.5, 0.6) is 17.2 Å². The Labute approximate surface area is 907 Å². The molecule has 6 unspecified atom stereocenters. The Hall–Kier alpha value is -12.6. The molecule has 0 radical (unpaired) electrons. The second kappa shape index (κ2) is 57.6. The minimum atomic E-state index is -1.47. The number of piperidine rings is 3. The summed E-state index contributed by atoms with van der Waals surface area (Å²) in [6.45, 7) is 44.0. The summed E-state index contributed by atoms with van der Waals surface area (Å²) in [7, 11) is 3.42. The minimum absolute atomic E-state index is 0. The Morgan fingerprint density at radius 3 is 1.13 bits per heavy atom. The van der Waals surface area contributed by atoms with E-state index in [9.17, 15) is 48.3 Å². The summed E-state index contributed by atoms with van der Waals surface area (Å²) in [5.41, 5.74) is 17.4. The first-order valence-electron chi connectivity index (χ1n) is 49.3. The maximum absolute atomic E-state index is 13.0. The number of benzene rings is 8. The van der Waals surface area contributed by atoms with Crippen LogP contribution in [0, 0.1) is 52.4 Å². The Morgan fingerprint density at radius 2 is 0.800 bits per heavy atom. The number of methoxy groups -OCH3 is 3. The molecule has 796 valence electrons. The van der Waals surface area contributed by atoms with Gasteiger partial charge in [0.05, 0.1) is 54.7 Å². The van der Waals surface area contributed by atoms with E-state index < -0.39 is 42.1 Å². The molecular weight excluding hydrogens is 1980 g/mol. The van der Waals surface area contributed by atoms with Crippen molar-refractivity contribution in [1.29, 1.82) is 0 Å². The molecular formula is C117H145BBrClLiN9O20. The van der Waals surface area contributed by atoms with Crippen molar-refractivity contribution in [1.82, 2.24) is 38.8 Å². The van der Waals surface area contributed by atoms with Gasteiger partial charge >= 0.3 is 50.2 Å². The number of nitrogens with two attached hydrogens (primary N) is 1. The average Bonchev–Trinajstić information content (AvgIpc) is 1.61. The predicted octanol–water partition coefficient (Wildman–Crippen LogP) is 21.4. The molecule has 8 aromatic carbocycles. The number of halogens is 2. The molecule has 150 heavy (non-hydrogen) atoms. The van der Waals surface area contributed by atoms with Crippen LogP contribution in [0.2, 0.25) is 0 Å². The fourth-order valence-electron chi connectivity index (χ4n) is 17.9. The number of nitrogens with zero attached hydrogens (tertiary/aromatic N) is 7. The number of carbonyl (C=O) groups excluding carboxylic acids is 8. The number of aryl methyl sites for hydroxylation is 5. The number of likely N-dealkylation sites (tertiary alicyclic amines) is 2. The van der Waals surface area contributed by atoms with E-state index >= 15 is 0 Å². The van der Waals surface area contributed by atoms with Crippen molar-refractivity contribution in [2.24, 2.45) is 23.7 Å². The average molecular weight is 2130 g/mol. The molecule has 0 amide bonds. The number of aldehydes is 1. The number of hydrogen-bond donors (Lipinski definition) is 6. The van der Waals surface area contributed by atoms with E-state index in [-0.39, 0.29) is 78.1 Å². The summed E-state index contributed by atoms with van der Waals surface area (Å²) in [6.07, 6.45) is 14.9. The van der Waals surface area contributed by atoms with E-state index in [0.29, 0.717) is 69.8 Å². The predicted molar refractivity (Wildman–Crippen MR) is 591 cm³/mol. The molecule has 3 fully saturated rings. The van der Waals surface area contributed by atoms with Gasteiger partial charge < -0.3 is 59.6 Å². The fourth-order valence-corrected chi connectivity index (χ4v) is 18.4. The molecule has 0 spiro atoms. The molecule has 6 atom stereocenters. The van der Waals surface area contributed by atoms with Crippen LogP contribution in [-0.2, 0) is 27.3 Å². The zero-order valence-electron chi connectivity index (χ0n) is 91.0. The van der Waals surface area contributed by atoms with E-state index in [1.807, 2.05) is 206 Å². The molecule has 8 N–H and O–H groups in total. The first-order chi connectivity index (χ1) is 69.5. The van der Waals surface area contributed by atoms with E-state index in [1.54, 1.807) is 112 Å². The standard InChI is InChI=1S/C30H38N2O4.C29H36N2O5.C16H19NO4.C14H19NO.C14H13NO.C8H9BO3.C6H6BrN.ClH.Li.H3NO.H2O/c1-19-12-14-31(26(16-19)23-10-8-22(9-11-23)21(3)33)18-25-24-13-15-32(29(34)36-30(4,5)6)28(24)20(2)17-27(25)35-7;1-18-11-13-30(24(15-18)20-7-9-21(10-8-20)27(32)33)17-23-22-12-14-31(28(34)36-29(3,4)5)26(22)19(2)16-25(23)35-6;1-10-8-13(20-5)12(9-18)11-6-7-17(14(10)11)15(19)21-16(2,3)4;2*1-10-7-8-15-14(9-10)13-5-3-12(4-6-13)11(2)16;1-6(10)7-2-4-8(5-3-7)9(11)12;1-5-2-3-8-6(7)4-5;;;1-2;/h8-11,13,15,17,19,26H,12,14,16,18H2,1-7H3;7-10,12,14,16,18,24H,11,13,15,17H2,1-6H3,(H,32,33);6-9H,1-5H3;3-6,10,14-15H,7-9H2,1-2H3;3-9H,1-2H3;2-5,11-12H,1H3;2-4H,1H3;1H;;2H,1H2;1H2/q;;;;;;;;+1;;/p-1. The van der Waals surface area contributed by atoms with Crippen molar-refractivity contribution in [2.45, 2.75) is 232 Å². The third-order valence-electron chi connectivity index (χ3n) is 25.5. The number of carboxylic acids is 1. The van der Waals surface area contributed by atoms with Crippen LogP contribution < -0.4 is 49.7 Å². The van der Waals surface area contributed by atoms with Gasteiger partial charge in [-0.2, -0.15) is 0 Å². The quantitative estimate of drug-likeness (QED) is 0.0116. The number of aromatic nitrogens is 5. The van der Waals surface area contributed by atoms with Crippen LogP contribution >= 0.6 is 28.3 Å². The van der Waals surface area contributed by atoms with Gasteiger partial charge in [-0.25, -0.2) is 30.1 Å². The number of ketones is 4. The van der Waals surface area contributed by atoms with Gasteiger partial charge in [0.25, 0.3) is 0 Å². The zero-order chi connectivity index (χ0) is 108. The normalized spacial score (nSPS) is 15.7. The second-order valence-electron chi connectivity index (χ2n) is 40.7. The van der Waals surface area contributed by atoms with Crippen molar-refractivity contribution in [3.05, 3.63) is 307 Å². The minimum Gasteiger partial charge on any atom is -0.870 e. The molecule has 0 aliphatic carbocycles. The number of nitrogens with one attached hydrogen (secondary N) is 1. The number of ether oxygens (including phenoxy) is 6. The number of Topliss-reactive ketones (excluding diaryl/α,β-unsaturated/α-hetero) is 4. The first kappa shape index (κ1) is 126. The van der Waals surface area contributed by atoms with Gasteiger partial charge in [-0.3, -0.25) is 52.5 Å². The van der Waals surface area contributed by atoms with Crippen molar-refractivity contribution < 1.29 is 116 Å². The monoisotopic (exact) mass is 2130 g/mol. The first-order valence-corrected chi connectivity index (χ1v) is 50.1. The fraction of sp³-hybridized carbons (Fsp3) is 0.376. The largest absolute Gasteiger partial charge is 1.00 e. The number of aromatic carboxylic acids is 1. The third-order valence-corrected chi connectivity index (χ3v) is 25.9. The van der Waals surface area contributed by atoms with Gasteiger partial charge in [0.15, 0.2) is 29.4 Å². The maximum atomic E-state index is 13.0. The molecule has 8 heterocycles. The van der Waals surface area contributed by atoms with Crippen LogP contribution in [0.15, 0.2) is 218 Å². The Morgan fingerprint density at radius 1 is 0.460 bits per heavy atom. The van der Waals surface area contributed by atoms with Crippen LogP contribution in [0.1, 0.15) is 285 Å². The van der Waals surface area contributed by atoms with Gasteiger partial charge in [-0.05, 0) is 339 Å². The van der Waals surface area contributed by atoms with Gasteiger partial charge in [-0.1, -0.05) is 130 Å². The third kappa shape index (κ3) is 35.3. The molecule has 5 aromatic heterocycles. The summed E-state index contributed by atoms with van der Waals surface area (Å²) in [5, 5.41) is 39.4. The molecule has 29 nitrogen and oxygen atoms in total. The molecule has 3 saturated heterocycles. The van der Waals surface area contributed by atoms with Crippen molar-refractivity contribution in [2.75, 3.05) is 41.0 Å². The van der Waals surface area contributed by atoms with Crippen LogP contribution in [-0.4, -0.2) is 178 Å². The van der Waals surface area contributed by atoms with Gasteiger partial charge in [0.1, 0.15) is 38.7 Å². The molecule has 13 aromatic rings. The van der Waals surface area contributed by atoms with Crippen LogP contribution in [0.3, 0.4) is 0 Å². The van der Waals surface area contributed by atoms with Crippen LogP contribution in [0.25, 0.3) is 44.0 Å². The van der Waals surface area contributed by atoms with E-state index in [1.165, 1.54) is 65.8 Å². The summed E-state index contributed by atoms with van der Waals surface area (Å²) >= 11 is 3.25.